The lowest BCUT2D eigenvalue weighted by Gasteiger charge is -2.02. The van der Waals surface area contributed by atoms with Crippen LogP contribution in [0.3, 0.4) is 0 Å². The Morgan fingerprint density at radius 2 is 2.25 bits per heavy atom. The van der Waals surface area contributed by atoms with Gasteiger partial charge >= 0.3 is 0 Å². The number of hydrogen-bond acceptors (Lipinski definition) is 2. The molecule has 16 heavy (non-hydrogen) atoms. The minimum absolute atomic E-state index is 0.831. The number of imidazole rings is 1. The van der Waals surface area contributed by atoms with Crippen molar-refractivity contribution in [1.29, 1.82) is 0 Å². The molecule has 2 heterocycles. The van der Waals surface area contributed by atoms with Gasteiger partial charge in [0.2, 0.25) is 0 Å². The molecule has 2 aromatic rings. The van der Waals surface area contributed by atoms with Gasteiger partial charge in [0, 0.05) is 19.2 Å². The molecule has 0 unspecified atom stereocenters. The van der Waals surface area contributed by atoms with Gasteiger partial charge in [-0.3, -0.25) is 0 Å². The van der Waals surface area contributed by atoms with Crippen molar-refractivity contribution in [3.63, 3.8) is 0 Å². The lowest BCUT2D eigenvalue weighted by molar-refractivity contribution is 0.784. The second kappa shape index (κ2) is 4.66. The molecule has 0 saturated heterocycles. The van der Waals surface area contributed by atoms with Gasteiger partial charge < -0.3 is 9.72 Å². The molecule has 1 N–H and O–H groups in total. The van der Waals surface area contributed by atoms with Crippen LogP contribution >= 0.6 is 0 Å². The first-order valence-corrected chi connectivity index (χ1v) is 5.88. The molecule has 0 fully saturated rings. The van der Waals surface area contributed by atoms with Crippen molar-refractivity contribution < 1.29 is 0 Å². The van der Waals surface area contributed by atoms with E-state index < -0.39 is 0 Å². The Labute approximate surface area is 96.5 Å². The summed E-state index contributed by atoms with van der Waals surface area (Å²) in [7, 11) is 1.96. The van der Waals surface area contributed by atoms with E-state index in [1.54, 1.807) is 0 Å². The van der Waals surface area contributed by atoms with E-state index in [4.69, 9.17) is 4.98 Å². The first kappa shape index (κ1) is 11.1. The number of pyridine rings is 1. The SMILES string of the molecule is CCCc1nc(CNC)c2c(C)cccn12. The van der Waals surface area contributed by atoms with Crippen LogP contribution in [0.2, 0.25) is 0 Å². The minimum Gasteiger partial charge on any atom is -0.314 e. The van der Waals surface area contributed by atoms with Crippen LogP contribution in [0.25, 0.3) is 5.52 Å². The molecule has 2 aromatic heterocycles. The molecule has 0 amide bonds. The molecule has 0 aliphatic rings. The highest BCUT2D eigenvalue weighted by Gasteiger charge is 2.10. The summed E-state index contributed by atoms with van der Waals surface area (Å²) in [6.07, 6.45) is 4.28. The summed E-state index contributed by atoms with van der Waals surface area (Å²) in [4.78, 5) is 4.73. The van der Waals surface area contributed by atoms with Crippen molar-refractivity contribution in [2.24, 2.45) is 0 Å². The molecule has 86 valence electrons. The topological polar surface area (TPSA) is 29.3 Å². The van der Waals surface area contributed by atoms with Crippen LogP contribution in [0.5, 0.6) is 0 Å². The van der Waals surface area contributed by atoms with Gasteiger partial charge in [-0.15, -0.1) is 0 Å². The predicted molar refractivity (Wildman–Crippen MR) is 66.7 cm³/mol. The fourth-order valence-corrected chi connectivity index (χ4v) is 2.15. The molecule has 0 radical (unpaired) electrons. The standard InChI is InChI=1S/C13H19N3/c1-4-6-12-15-11(9-14-3)13-10(2)7-5-8-16(12)13/h5,7-8,14H,4,6,9H2,1-3H3. The van der Waals surface area contributed by atoms with E-state index in [1.807, 2.05) is 7.05 Å². The van der Waals surface area contributed by atoms with Gasteiger partial charge in [0.05, 0.1) is 11.2 Å². The lowest BCUT2D eigenvalue weighted by Crippen LogP contribution is -2.06. The van der Waals surface area contributed by atoms with Gasteiger partial charge in [0.25, 0.3) is 0 Å². The Kier molecular flexibility index (Phi) is 3.25. The van der Waals surface area contributed by atoms with Gasteiger partial charge in [0.15, 0.2) is 0 Å². The highest BCUT2D eigenvalue weighted by atomic mass is 15.0. The maximum absolute atomic E-state index is 4.73. The van der Waals surface area contributed by atoms with Crippen molar-refractivity contribution in [3.05, 3.63) is 35.4 Å². The van der Waals surface area contributed by atoms with E-state index >= 15 is 0 Å². The van der Waals surface area contributed by atoms with Crippen LogP contribution in [-0.4, -0.2) is 16.4 Å². The van der Waals surface area contributed by atoms with E-state index in [-0.39, 0.29) is 0 Å². The summed E-state index contributed by atoms with van der Waals surface area (Å²) in [5, 5.41) is 3.18. The quantitative estimate of drug-likeness (QED) is 0.851. The molecule has 0 spiro atoms. The summed E-state index contributed by atoms with van der Waals surface area (Å²) < 4.78 is 2.23. The summed E-state index contributed by atoms with van der Waals surface area (Å²) in [5.41, 5.74) is 3.71. The van der Waals surface area contributed by atoms with E-state index in [0.717, 1.165) is 25.1 Å². The van der Waals surface area contributed by atoms with E-state index in [1.165, 1.54) is 16.9 Å². The molecular weight excluding hydrogens is 198 g/mol. The summed E-state index contributed by atoms with van der Waals surface area (Å²) >= 11 is 0. The first-order valence-electron chi connectivity index (χ1n) is 5.88. The zero-order valence-corrected chi connectivity index (χ0v) is 10.2. The smallest absolute Gasteiger partial charge is 0.113 e. The van der Waals surface area contributed by atoms with Gasteiger partial charge in [-0.25, -0.2) is 4.98 Å². The van der Waals surface area contributed by atoms with Crippen LogP contribution in [0.1, 0.15) is 30.4 Å². The maximum atomic E-state index is 4.73. The number of aromatic nitrogens is 2. The monoisotopic (exact) mass is 217 g/mol. The lowest BCUT2D eigenvalue weighted by atomic mass is 10.2. The molecule has 0 saturated carbocycles. The van der Waals surface area contributed by atoms with Crippen LogP contribution in [0, 0.1) is 6.92 Å². The molecule has 3 nitrogen and oxygen atoms in total. The van der Waals surface area contributed by atoms with Crippen LogP contribution in [-0.2, 0) is 13.0 Å². The van der Waals surface area contributed by atoms with Gasteiger partial charge in [-0.2, -0.15) is 0 Å². The summed E-state index contributed by atoms with van der Waals surface area (Å²) in [5.74, 6) is 1.17. The molecule has 0 bridgehead atoms. The minimum atomic E-state index is 0.831. The highest BCUT2D eigenvalue weighted by molar-refractivity contribution is 5.59. The highest BCUT2D eigenvalue weighted by Crippen LogP contribution is 2.18. The van der Waals surface area contributed by atoms with E-state index in [2.05, 4.69) is 41.9 Å². The van der Waals surface area contributed by atoms with Gasteiger partial charge in [0.1, 0.15) is 5.82 Å². The third kappa shape index (κ3) is 1.83. The molecule has 0 atom stereocenters. The molecule has 0 aromatic carbocycles. The largest absolute Gasteiger partial charge is 0.314 e. The molecule has 3 heteroatoms. The number of nitrogens with zero attached hydrogens (tertiary/aromatic N) is 2. The normalized spacial score (nSPS) is 11.2. The Balaban J connectivity index is 2.61. The maximum Gasteiger partial charge on any atom is 0.113 e. The van der Waals surface area contributed by atoms with Crippen LogP contribution < -0.4 is 5.32 Å². The average molecular weight is 217 g/mol. The third-order valence-corrected chi connectivity index (χ3v) is 2.83. The average Bonchev–Trinajstić information content (AvgIpc) is 2.60. The van der Waals surface area contributed by atoms with Crippen molar-refractivity contribution >= 4 is 5.52 Å². The van der Waals surface area contributed by atoms with Crippen molar-refractivity contribution in [3.8, 4) is 0 Å². The third-order valence-electron chi connectivity index (χ3n) is 2.83. The second-order valence-electron chi connectivity index (χ2n) is 4.16. The van der Waals surface area contributed by atoms with Crippen LogP contribution in [0.4, 0.5) is 0 Å². The zero-order chi connectivity index (χ0) is 11.5. The van der Waals surface area contributed by atoms with Crippen molar-refractivity contribution in [1.82, 2.24) is 14.7 Å². The fourth-order valence-electron chi connectivity index (χ4n) is 2.15. The van der Waals surface area contributed by atoms with E-state index in [9.17, 15) is 0 Å². The van der Waals surface area contributed by atoms with Crippen molar-refractivity contribution in [2.75, 3.05) is 7.05 Å². The number of nitrogens with one attached hydrogen (secondary N) is 1. The number of rotatable bonds is 4. The Bertz CT molecular complexity index is 485. The van der Waals surface area contributed by atoms with Crippen molar-refractivity contribution in [2.45, 2.75) is 33.2 Å². The van der Waals surface area contributed by atoms with E-state index in [0.29, 0.717) is 0 Å². The predicted octanol–water partition coefficient (Wildman–Crippen LogP) is 2.31. The molecule has 2 rings (SSSR count). The first-order chi connectivity index (χ1) is 7.77. The second-order valence-corrected chi connectivity index (χ2v) is 4.16. The molecule has 0 aliphatic heterocycles. The Morgan fingerprint density at radius 3 is 2.94 bits per heavy atom. The van der Waals surface area contributed by atoms with Gasteiger partial charge in [-0.05, 0) is 32.0 Å². The Hall–Kier alpha value is -1.35. The molecule has 0 aliphatic carbocycles. The zero-order valence-electron chi connectivity index (χ0n) is 10.2. The summed E-state index contributed by atoms with van der Waals surface area (Å²) in [6.45, 7) is 5.17. The van der Waals surface area contributed by atoms with Crippen LogP contribution in [0.15, 0.2) is 18.3 Å². The fraction of sp³-hybridized carbons (Fsp3) is 0.462. The Morgan fingerprint density at radius 1 is 1.44 bits per heavy atom. The number of aryl methyl sites for hydroxylation is 2. The number of fused-ring (bicyclic) bond motifs is 1. The molecular formula is C13H19N3. The summed E-state index contributed by atoms with van der Waals surface area (Å²) in [6, 6.07) is 4.23. The number of hydrogen-bond donors (Lipinski definition) is 1. The van der Waals surface area contributed by atoms with Gasteiger partial charge in [-0.1, -0.05) is 13.0 Å².